The molecule has 2 rings (SSSR count). The summed E-state index contributed by atoms with van der Waals surface area (Å²) in [4.78, 5) is 6.61. The smallest absolute Gasteiger partial charge is 0.133 e. The Morgan fingerprint density at radius 2 is 2.28 bits per heavy atom. The maximum absolute atomic E-state index is 5.98. The first kappa shape index (κ1) is 13.4. The zero-order valence-electron chi connectivity index (χ0n) is 10.9. The zero-order valence-corrected chi connectivity index (χ0v) is 11.7. The lowest BCUT2D eigenvalue weighted by molar-refractivity contribution is 0.202. The Morgan fingerprint density at radius 3 is 2.83 bits per heavy atom. The number of anilines is 2. The third-order valence-corrected chi connectivity index (χ3v) is 3.62. The van der Waals surface area contributed by atoms with E-state index in [4.69, 9.17) is 22.1 Å². The summed E-state index contributed by atoms with van der Waals surface area (Å²) < 4.78 is 5.17. The second kappa shape index (κ2) is 5.76. The molecule has 1 fully saturated rings. The lowest BCUT2D eigenvalue weighted by Gasteiger charge is -2.30. The summed E-state index contributed by atoms with van der Waals surface area (Å²) in [5.41, 5.74) is 6.48. The lowest BCUT2D eigenvalue weighted by atomic mass is 10.2. The summed E-state index contributed by atoms with van der Waals surface area (Å²) >= 11 is 5.98. The van der Waals surface area contributed by atoms with Gasteiger partial charge in [-0.2, -0.15) is 0 Å². The third-order valence-electron chi connectivity index (χ3n) is 3.43. The maximum Gasteiger partial charge on any atom is 0.133 e. The molecule has 18 heavy (non-hydrogen) atoms. The average molecular weight is 270 g/mol. The van der Waals surface area contributed by atoms with Crippen LogP contribution in [0.15, 0.2) is 12.1 Å². The number of methoxy groups -OCH3 is 1. The first-order valence-electron chi connectivity index (χ1n) is 6.30. The van der Waals surface area contributed by atoms with E-state index < -0.39 is 0 Å². The normalized spacial score (nSPS) is 16.6. The monoisotopic (exact) mass is 269 g/mol. The van der Waals surface area contributed by atoms with Crippen molar-refractivity contribution >= 4 is 23.1 Å². The predicted molar refractivity (Wildman–Crippen MR) is 75.1 cm³/mol. The molecule has 2 N–H and O–H groups in total. The highest BCUT2D eigenvalue weighted by atomic mass is 35.5. The van der Waals surface area contributed by atoms with Crippen LogP contribution in [0.3, 0.4) is 0 Å². The summed E-state index contributed by atoms with van der Waals surface area (Å²) in [6, 6.07) is 3.99. The fraction of sp³-hybridized carbons (Fsp3) is 0.615. The van der Waals surface area contributed by atoms with Crippen LogP contribution in [0.25, 0.3) is 0 Å². The van der Waals surface area contributed by atoms with Crippen LogP contribution in [0.4, 0.5) is 11.5 Å². The molecular formula is C13H20ClN3O. The van der Waals surface area contributed by atoms with Crippen LogP contribution in [0.5, 0.6) is 0 Å². The minimum atomic E-state index is 0.440. The van der Waals surface area contributed by atoms with Crippen LogP contribution in [-0.4, -0.2) is 31.3 Å². The van der Waals surface area contributed by atoms with E-state index in [1.54, 1.807) is 13.2 Å². The molecule has 1 aliphatic carbocycles. The van der Waals surface area contributed by atoms with Crippen molar-refractivity contribution in [1.29, 1.82) is 0 Å². The van der Waals surface area contributed by atoms with E-state index >= 15 is 0 Å². The molecule has 1 aromatic heterocycles. The zero-order chi connectivity index (χ0) is 13.1. The van der Waals surface area contributed by atoms with Gasteiger partial charge >= 0.3 is 0 Å². The molecular weight excluding hydrogens is 250 g/mol. The van der Waals surface area contributed by atoms with Crippen molar-refractivity contribution in [2.45, 2.75) is 25.8 Å². The highest BCUT2D eigenvalue weighted by Crippen LogP contribution is 2.36. The Balaban J connectivity index is 2.20. The van der Waals surface area contributed by atoms with Crippen LogP contribution < -0.4 is 10.6 Å². The number of pyridine rings is 1. The summed E-state index contributed by atoms with van der Waals surface area (Å²) in [7, 11) is 1.71. The third kappa shape index (κ3) is 3.27. The molecule has 0 spiro atoms. The SMILES string of the molecule is COCCN(c1cc(N)cc(Cl)n1)C(C)C1CC1. The van der Waals surface area contributed by atoms with Gasteiger partial charge in [0.1, 0.15) is 11.0 Å². The second-order valence-electron chi connectivity index (χ2n) is 4.85. The number of nitrogens with two attached hydrogens (primary N) is 1. The van der Waals surface area contributed by atoms with Gasteiger partial charge in [0, 0.05) is 31.5 Å². The minimum Gasteiger partial charge on any atom is -0.399 e. The van der Waals surface area contributed by atoms with Gasteiger partial charge in [0.2, 0.25) is 0 Å². The summed E-state index contributed by atoms with van der Waals surface area (Å²) in [6.45, 7) is 3.71. The summed E-state index contributed by atoms with van der Waals surface area (Å²) in [5.74, 6) is 1.60. The van der Waals surface area contributed by atoms with Crippen LogP contribution in [0.2, 0.25) is 5.15 Å². The predicted octanol–water partition coefficient (Wildman–Crippen LogP) is 2.57. The Labute approximate surface area is 113 Å². The fourth-order valence-electron chi connectivity index (χ4n) is 2.20. The number of rotatable bonds is 6. The van der Waals surface area contributed by atoms with Crippen LogP contribution in [0, 0.1) is 5.92 Å². The molecule has 0 radical (unpaired) electrons. The number of nitrogens with zero attached hydrogens (tertiary/aromatic N) is 2. The average Bonchev–Trinajstić information content (AvgIpc) is 3.11. The van der Waals surface area contributed by atoms with Crippen molar-refractivity contribution < 1.29 is 4.74 Å². The van der Waals surface area contributed by atoms with Gasteiger partial charge in [-0.3, -0.25) is 0 Å². The van der Waals surface area contributed by atoms with E-state index in [9.17, 15) is 0 Å². The Hall–Kier alpha value is -1.00. The van der Waals surface area contributed by atoms with Crippen molar-refractivity contribution in [2.24, 2.45) is 5.92 Å². The summed E-state index contributed by atoms with van der Waals surface area (Å²) in [6.07, 6.45) is 2.58. The van der Waals surface area contributed by atoms with Gasteiger partial charge in [-0.1, -0.05) is 11.6 Å². The Morgan fingerprint density at radius 1 is 1.56 bits per heavy atom. The summed E-state index contributed by atoms with van der Waals surface area (Å²) in [5, 5.41) is 0.440. The molecule has 1 saturated carbocycles. The van der Waals surface area contributed by atoms with Gasteiger partial charge in [0.25, 0.3) is 0 Å². The molecule has 5 heteroatoms. The van der Waals surface area contributed by atoms with Crippen LogP contribution in [-0.2, 0) is 4.74 Å². The van der Waals surface area contributed by atoms with Crippen LogP contribution in [0.1, 0.15) is 19.8 Å². The van der Waals surface area contributed by atoms with E-state index in [-0.39, 0.29) is 0 Å². The van der Waals surface area contributed by atoms with E-state index in [1.165, 1.54) is 12.8 Å². The molecule has 1 atom stereocenters. The van der Waals surface area contributed by atoms with Crippen molar-refractivity contribution in [3.8, 4) is 0 Å². The second-order valence-corrected chi connectivity index (χ2v) is 5.23. The molecule has 1 aromatic rings. The molecule has 0 aromatic carbocycles. The number of hydrogen-bond acceptors (Lipinski definition) is 4. The molecule has 0 aliphatic heterocycles. The Bertz CT molecular complexity index is 389. The first-order valence-corrected chi connectivity index (χ1v) is 6.68. The van der Waals surface area contributed by atoms with Gasteiger partial charge in [-0.15, -0.1) is 0 Å². The lowest BCUT2D eigenvalue weighted by Crippen LogP contribution is -2.38. The molecule has 4 nitrogen and oxygen atoms in total. The number of nitrogen functional groups attached to an aromatic ring is 1. The van der Waals surface area contributed by atoms with E-state index in [1.807, 2.05) is 6.07 Å². The Kier molecular flexibility index (Phi) is 4.30. The van der Waals surface area contributed by atoms with Gasteiger partial charge < -0.3 is 15.4 Å². The molecule has 1 aliphatic rings. The highest BCUT2D eigenvalue weighted by Gasteiger charge is 2.32. The maximum atomic E-state index is 5.98. The molecule has 1 unspecified atom stereocenters. The van der Waals surface area contributed by atoms with E-state index in [0.29, 0.717) is 23.5 Å². The fourth-order valence-corrected chi connectivity index (χ4v) is 2.41. The van der Waals surface area contributed by atoms with Gasteiger partial charge in [-0.25, -0.2) is 4.98 Å². The first-order chi connectivity index (χ1) is 8.61. The van der Waals surface area contributed by atoms with Crippen molar-refractivity contribution in [3.05, 3.63) is 17.3 Å². The van der Waals surface area contributed by atoms with Gasteiger partial charge in [0.15, 0.2) is 0 Å². The largest absolute Gasteiger partial charge is 0.399 e. The topological polar surface area (TPSA) is 51.4 Å². The minimum absolute atomic E-state index is 0.440. The van der Waals surface area contributed by atoms with Crippen molar-refractivity contribution in [1.82, 2.24) is 4.98 Å². The molecule has 0 saturated heterocycles. The number of hydrogen-bond donors (Lipinski definition) is 1. The highest BCUT2D eigenvalue weighted by molar-refractivity contribution is 6.29. The molecule has 0 bridgehead atoms. The van der Waals surface area contributed by atoms with Gasteiger partial charge in [-0.05, 0) is 31.7 Å². The van der Waals surface area contributed by atoms with Gasteiger partial charge in [0.05, 0.1) is 6.61 Å². The molecule has 100 valence electrons. The van der Waals surface area contributed by atoms with Crippen molar-refractivity contribution in [2.75, 3.05) is 30.9 Å². The molecule has 0 amide bonds. The number of aromatic nitrogens is 1. The van der Waals surface area contributed by atoms with E-state index in [2.05, 4.69) is 16.8 Å². The number of halogens is 1. The number of ether oxygens (including phenoxy) is 1. The van der Waals surface area contributed by atoms with Crippen LogP contribution >= 0.6 is 11.6 Å². The molecule has 1 heterocycles. The quantitative estimate of drug-likeness (QED) is 0.807. The van der Waals surface area contributed by atoms with Crippen molar-refractivity contribution in [3.63, 3.8) is 0 Å². The standard InChI is InChI=1S/C13H20ClN3O/c1-9(10-3-4-10)17(5-6-18-2)13-8-11(15)7-12(14)16-13/h7-10H,3-6H2,1-2H3,(H2,15,16). The van der Waals surface area contributed by atoms with E-state index in [0.717, 1.165) is 18.3 Å².